The molecule has 2 aromatic rings. The topological polar surface area (TPSA) is 48.0 Å². The molecule has 5 heteroatoms. The molecule has 0 saturated carbocycles. The number of hydrogen-bond acceptors (Lipinski definition) is 4. The van der Waals surface area contributed by atoms with Crippen molar-refractivity contribution < 1.29 is 19.0 Å². The van der Waals surface area contributed by atoms with Gasteiger partial charge in [0.15, 0.2) is 0 Å². The summed E-state index contributed by atoms with van der Waals surface area (Å²) in [7, 11) is 1.62. The minimum Gasteiger partial charge on any atom is -0.497 e. The molecule has 0 N–H and O–H groups in total. The van der Waals surface area contributed by atoms with Gasteiger partial charge in [-0.2, -0.15) is 0 Å². The lowest BCUT2D eigenvalue weighted by Crippen LogP contribution is -2.47. The lowest BCUT2D eigenvalue weighted by molar-refractivity contribution is -0.0401. The molecule has 0 aliphatic carbocycles. The Balaban J connectivity index is 1.57. The van der Waals surface area contributed by atoms with Crippen LogP contribution in [0.2, 0.25) is 0 Å². The summed E-state index contributed by atoms with van der Waals surface area (Å²) in [6.45, 7) is 4.04. The van der Waals surface area contributed by atoms with E-state index in [4.69, 9.17) is 14.2 Å². The van der Waals surface area contributed by atoms with Crippen molar-refractivity contribution in [3.05, 3.63) is 59.7 Å². The molecule has 1 amide bonds. The number of nitrogens with zero attached hydrogens (tertiary/aromatic N) is 1. The molecule has 0 aromatic heterocycles. The predicted molar refractivity (Wildman–Crippen MR) is 95.3 cm³/mol. The summed E-state index contributed by atoms with van der Waals surface area (Å²) in [6.07, 6.45) is -0.144. The van der Waals surface area contributed by atoms with Crippen LogP contribution in [-0.2, 0) is 4.74 Å². The normalized spacial score (nSPS) is 17.2. The van der Waals surface area contributed by atoms with E-state index in [-0.39, 0.29) is 12.0 Å². The Hall–Kier alpha value is -2.53. The van der Waals surface area contributed by atoms with E-state index >= 15 is 0 Å². The molecule has 2 aromatic carbocycles. The van der Waals surface area contributed by atoms with Gasteiger partial charge in [-0.15, -0.1) is 0 Å². The van der Waals surface area contributed by atoms with Crippen molar-refractivity contribution in [2.75, 3.05) is 33.4 Å². The van der Waals surface area contributed by atoms with Gasteiger partial charge in [0.05, 0.1) is 20.3 Å². The molecule has 3 rings (SSSR count). The first-order valence-corrected chi connectivity index (χ1v) is 8.40. The van der Waals surface area contributed by atoms with Crippen LogP contribution < -0.4 is 9.47 Å². The minimum atomic E-state index is -0.144. The zero-order chi connectivity index (χ0) is 17.6. The molecule has 132 valence electrons. The fourth-order valence-electron chi connectivity index (χ4n) is 2.76. The van der Waals surface area contributed by atoms with Crippen LogP contribution in [0.3, 0.4) is 0 Å². The number of morpholine rings is 1. The highest BCUT2D eigenvalue weighted by atomic mass is 16.5. The lowest BCUT2D eigenvalue weighted by Gasteiger charge is -2.33. The van der Waals surface area contributed by atoms with Gasteiger partial charge in [0.25, 0.3) is 5.91 Å². The molecule has 0 spiro atoms. The largest absolute Gasteiger partial charge is 0.497 e. The van der Waals surface area contributed by atoms with E-state index in [9.17, 15) is 4.79 Å². The first-order chi connectivity index (χ1) is 12.2. The summed E-state index contributed by atoms with van der Waals surface area (Å²) < 4.78 is 16.7. The standard InChI is InChI=1S/C20H23NO4/c1-15-6-8-16(9-7-15)20(22)21-10-11-24-19(13-21)14-25-18-5-3-4-17(12-18)23-2/h3-9,12,19H,10-11,13-14H2,1-2H3/t19-/m1/s1. The summed E-state index contributed by atoms with van der Waals surface area (Å²) in [6, 6.07) is 15.1. The lowest BCUT2D eigenvalue weighted by atomic mass is 10.1. The number of benzene rings is 2. The summed E-state index contributed by atoms with van der Waals surface area (Å²) >= 11 is 0. The SMILES string of the molecule is COc1cccc(OC[C@H]2CN(C(=O)c3ccc(C)cc3)CCO2)c1. The molecule has 25 heavy (non-hydrogen) atoms. The summed E-state index contributed by atoms with van der Waals surface area (Å²) in [5.74, 6) is 1.51. The zero-order valence-corrected chi connectivity index (χ0v) is 14.6. The average Bonchev–Trinajstić information content (AvgIpc) is 2.67. The number of hydrogen-bond donors (Lipinski definition) is 0. The van der Waals surface area contributed by atoms with Crippen molar-refractivity contribution in [1.82, 2.24) is 4.90 Å². The number of methoxy groups -OCH3 is 1. The van der Waals surface area contributed by atoms with Gasteiger partial charge in [-0.25, -0.2) is 0 Å². The molecule has 1 atom stereocenters. The number of amides is 1. The monoisotopic (exact) mass is 341 g/mol. The zero-order valence-electron chi connectivity index (χ0n) is 14.6. The van der Waals surface area contributed by atoms with Gasteiger partial charge in [0.2, 0.25) is 0 Å². The van der Waals surface area contributed by atoms with Gasteiger partial charge in [-0.05, 0) is 31.2 Å². The predicted octanol–water partition coefficient (Wildman–Crippen LogP) is 2.92. The molecule has 5 nitrogen and oxygen atoms in total. The Morgan fingerprint density at radius 1 is 1.20 bits per heavy atom. The minimum absolute atomic E-state index is 0.0367. The highest BCUT2D eigenvalue weighted by Gasteiger charge is 2.25. The van der Waals surface area contributed by atoms with Crippen molar-refractivity contribution in [1.29, 1.82) is 0 Å². The van der Waals surface area contributed by atoms with Crippen LogP contribution in [0.4, 0.5) is 0 Å². The van der Waals surface area contributed by atoms with E-state index in [1.54, 1.807) is 7.11 Å². The maximum Gasteiger partial charge on any atom is 0.254 e. The van der Waals surface area contributed by atoms with Crippen molar-refractivity contribution in [2.45, 2.75) is 13.0 Å². The number of carbonyl (C=O) groups excluding carboxylic acids is 1. The Labute approximate surface area is 148 Å². The van der Waals surface area contributed by atoms with E-state index in [0.717, 1.165) is 17.1 Å². The van der Waals surface area contributed by atoms with Gasteiger partial charge in [-0.3, -0.25) is 4.79 Å². The smallest absolute Gasteiger partial charge is 0.254 e. The van der Waals surface area contributed by atoms with E-state index in [1.165, 1.54) is 0 Å². The van der Waals surface area contributed by atoms with Crippen molar-refractivity contribution >= 4 is 5.91 Å². The number of rotatable bonds is 5. The van der Waals surface area contributed by atoms with Gasteiger partial charge >= 0.3 is 0 Å². The Bertz CT molecular complexity index is 714. The first-order valence-electron chi connectivity index (χ1n) is 8.40. The van der Waals surface area contributed by atoms with E-state index in [0.29, 0.717) is 31.9 Å². The van der Waals surface area contributed by atoms with Gasteiger partial charge in [0, 0.05) is 18.2 Å². The maximum atomic E-state index is 12.6. The maximum absolute atomic E-state index is 12.6. The van der Waals surface area contributed by atoms with E-state index in [1.807, 2.05) is 60.4 Å². The van der Waals surface area contributed by atoms with Crippen molar-refractivity contribution in [2.24, 2.45) is 0 Å². The molecule has 1 aliphatic rings. The average molecular weight is 341 g/mol. The molecule has 1 heterocycles. The second-order valence-corrected chi connectivity index (χ2v) is 6.10. The Kier molecular flexibility index (Phi) is 5.56. The quantitative estimate of drug-likeness (QED) is 0.839. The number of carbonyl (C=O) groups is 1. The fourth-order valence-corrected chi connectivity index (χ4v) is 2.76. The number of aryl methyl sites for hydroxylation is 1. The van der Waals surface area contributed by atoms with Crippen LogP contribution in [-0.4, -0.2) is 50.3 Å². The first kappa shape index (κ1) is 17.3. The third kappa shape index (κ3) is 4.51. The van der Waals surface area contributed by atoms with Crippen LogP contribution in [0.25, 0.3) is 0 Å². The van der Waals surface area contributed by atoms with Crippen LogP contribution in [0.15, 0.2) is 48.5 Å². The second-order valence-electron chi connectivity index (χ2n) is 6.10. The van der Waals surface area contributed by atoms with E-state index in [2.05, 4.69) is 0 Å². The van der Waals surface area contributed by atoms with Crippen LogP contribution in [0.5, 0.6) is 11.5 Å². The molecule has 1 aliphatic heterocycles. The second kappa shape index (κ2) is 8.03. The Morgan fingerprint density at radius 2 is 1.96 bits per heavy atom. The van der Waals surface area contributed by atoms with Crippen molar-refractivity contribution in [3.8, 4) is 11.5 Å². The Morgan fingerprint density at radius 3 is 2.72 bits per heavy atom. The van der Waals surface area contributed by atoms with Crippen LogP contribution in [0, 0.1) is 6.92 Å². The molecular weight excluding hydrogens is 318 g/mol. The molecule has 0 unspecified atom stereocenters. The van der Waals surface area contributed by atoms with Crippen LogP contribution in [0.1, 0.15) is 15.9 Å². The van der Waals surface area contributed by atoms with E-state index < -0.39 is 0 Å². The molecular formula is C20H23NO4. The summed E-state index contributed by atoms with van der Waals surface area (Å²) in [5, 5.41) is 0. The summed E-state index contributed by atoms with van der Waals surface area (Å²) in [4.78, 5) is 14.5. The van der Waals surface area contributed by atoms with Crippen molar-refractivity contribution in [3.63, 3.8) is 0 Å². The van der Waals surface area contributed by atoms with Crippen LogP contribution >= 0.6 is 0 Å². The summed E-state index contributed by atoms with van der Waals surface area (Å²) in [5.41, 5.74) is 1.85. The molecule has 0 bridgehead atoms. The highest BCUT2D eigenvalue weighted by Crippen LogP contribution is 2.20. The molecule has 0 radical (unpaired) electrons. The third-order valence-corrected chi connectivity index (χ3v) is 4.20. The third-order valence-electron chi connectivity index (χ3n) is 4.20. The van der Waals surface area contributed by atoms with Gasteiger partial charge in [0.1, 0.15) is 24.2 Å². The fraction of sp³-hybridized carbons (Fsp3) is 0.350. The highest BCUT2D eigenvalue weighted by molar-refractivity contribution is 5.94. The molecule has 1 saturated heterocycles. The van der Waals surface area contributed by atoms with Gasteiger partial charge < -0.3 is 19.1 Å². The molecule has 1 fully saturated rings. The van der Waals surface area contributed by atoms with Gasteiger partial charge in [-0.1, -0.05) is 23.8 Å². The number of ether oxygens (including phenoxy) is 3.